The highest BCUT2D eigenvalue weighted by molar-refractivity contribution is 5.09. The smallest absolute Gasteiger partial charge is 0.0237 e. The molecule has 1 heterocycles. The number of rotatable bonds is 3. The van der Waals surface area contributed by atoms with Gasteiger partial charge in [0.15, 0.2) is 0 Å². The highest BCUT2D eigenvalue weighted by Gasteiger charge is 2.12. The van der Waals surface area contributed by atoms with Crippen molar-refractivity contribution in [3.63, 3.8) is 0 Å². The van der Waals surface area contributed by atoms with E-state index < -0.39 is 0 Å². The third-order valence-electron chi connectivity index (χ3n) is 2.28. The Kier molecular flexibility index (Phi) is 3.99. The fourth-order valence-electron chi connectivity index (χ4n) is 1.63. The molecule has 1 aliphatic heterocycles. The predicted molar refractivity (Wildman–Crippen MR) is 54.7 cm³/mol. The van der Waals surface area contributed by atoms with E-state index in [0.29, 0.717) is 24.7 Å². The molecule has 1 fully saturated rings. The van der Waals surface area contributed by atoms with E-state index in [-0.39, 0.29) is 0 Å². The molecule has 3 heteroatoms. The van der Waals surface area contributed by atoms with E-state index >= 15 is 0 Å². The number of hydroxylamine groups is 2. The SMILES string of the molecule is C=C(N)/C=C\CC1CCCN([O-])C1. The highest BCUT2D eigenvalue weighted by Crippen LogP contribution is 2.18. The van der Waals surface area contributed by atoms with Gasteiger partial charge in [-0.2, -0.15) is 0 Å². The standard InChI is InChI=1S/C10H17N2O/c1-9(11)4-2-5-10-6-3-7-12(13)8-10/h2,4,10H,1,3,5-8,11H2/q-1/b4-2-. The van der Waals surface area contributed by atoms with Crippen molar-refractivity contribution in [1.82, 2.24) is 5.06 Å². The molecule has 0 aromatic carbocycles. The maximum absolute atomic E-state index is 11.0. The van der Waals surface area contributed by atoms with Crippen molar-refractivity contribution in [3.05, 3.63) is 29.6 Å². The van der Waals surface area contributed by atoms with E-state index in [4.69, 9.17) is 5.73 Å². The summed E-state index contributed by atoms with van der Waals surface area (Å²) in [5.74, 6) is 0.502. The fourth-order valence-corrected chi connectivity index (χ4v) is 1.63. The number of hydrogen-bond acceptors (Lipinski definition) is 3. The van der Waals surface area contributed by atoms with E-state index in [1.165, 1.54) is 0 Å². The van der Waals surface area contributed by atoms with Gasteiger partial charge in [0.1, 0.15) is 0 Å². The van der Waals surface area contributed by atoms with Crippen LogP contribution < -0.4 is 5.73 Å². The van der Waals surface area contributed by atoms with Crippen LogP contribution in [0.3, 0.4) is 0 Å². The zero-order chi connectivity index (χ0) is 9.68. The summed E-state index contributed by atoms with van der Waals surface area (Å²) in [7, 11) is 0. The minimum atomic E-state index is 0.502. The van der Waals surface area contributed by atoms with Crippen molar-refractivity contribution in [3.8, 4) is 0 Å². The van der Waals surface area contributed by atoms with Crippen molar-refractivity contribution >= 4 is 0 Å². The monoisotopic (exact) mass is 181 g/mol. The van der Waals surface area contributed by atoms with Gasteiger partial charge in [0.05, 0.1) is 0 Å². The quantitative estimate of drug-likeness (QED) is 0.673. The lowest BCUT2D eigenvalue weighted by atomic mass is 9.96. The van der Waals surface area contributed by atoms with Crippen LogP contribution in [-0.2, 0) is 0 Å². The van der Waals surface area contributed by atoms with Crippen LogP contribution in [0.1, 0.15) is 19.3 Å². The van der Waals surface area contributed by atoms with Crippen LogP contribution in [0.5, 0.6) is 0 Å². The average molecular weight is 181 g/mol. The van der Waals surface area contributed by atoms with Crippen LogP contribution in [0, 0.1) is 11.1 Å². The van der Waals surface area contributed by atoms with E-state index in [1.54, 1.807) is 0 Å². The Bertz CT molecular complexity index is 201. The first-order valence-electron chi connectivity index (χ1n) is 4.71. The molecule has 1 saturated heterocycles. The summed E-state index contributed by atoms with van der Waals surface area (Å²) in [5.41, 5.74) is 5.96. The summed E-state index contributed by atoms with van der Waals surface area (Å²) in [6, 6.07) is 0. The molecule has 0 amide bonds. The predicted octanol–water partition coefficient (Wildman–Crippen LogP) is 1.61. The summed E-state index contributed by atoms with van der Waals surface area (Å²) in [5, 5.41) is 12.2. The molecule has 0 saturated carbocycles. The minimum absolute atomic E-state index is 0.502. The summed E-state index contributed by atoms with van der Waals surface area (Å²) in [4.78, 5) is 0. The van der Waals surface area contributed by atoms with Crippen LogP contribution in [0.2, 0.25) is 0 Å². The molecule has 0 spiro atoms. The van der Waals surface area contributed by atoms with Crippen molar-refractivity contribution in [2.75, 3.05) is 13.1 Å². The first-order valence-corrected chi connectivity index (χ1v) is 4.71. The second kappa shape index (κ2) is 5.04. The summed E-state index contributed by atoms with van der Waals surface area (Å²) in [6.45, 7) is 4.94. The van der Waals surface area contributed by atoms with Gasteiger partial charge in [-0.15, -0.1) is 0 Å². The largest absolute Gasteiger partial charge is 0.785 e. The third kappa shape index (κ3) is 4.10. The van der Waals surface area contributed by atoms with Gasteiger partial charge >= 0.3 is 0 Å². The Morgan fingerprint density at radius 1 is 1.69 bits per heavy atom. The number of piperidine rings is 1. The molecule has 2 N–H and O–H groups in total. The van der Waals surface area contributed by atoms with E-state index in [1.807, 2.05) is 12.2 Å². The molecule has 1 unspecified atom stereocenters. The normalized spacial score (nSPS) is 25.2. The topological polar surface area (TPSA) is 52.3 Å². The molecule has 3 nitrogen and oxygen atoms in total. The number of nitrogens with two attached hydrogens (primary N) is 1. The zero-order valence-electron chi connectivity index (χ0n) is 7.91. The number of nitrogens with zero attached hydrogens (tertiary/aromatic N) is 1. The van der Waals surface area contributed by atoms with Gasteiger partial charge in [0, 0.05) is 5.70 Å². The zero-order valence-corrected chi connectivity index (χ0v) is 7.91. The molecule has 1 aliphatic rings. The molecule has 13 heavy (non-hydrogen) atoms. The van der Waals surface area contributed by atoms with Gasteiger partial charge in [-0.05, 0) is 44.3 Å². The van der Waals surface area contributed by atoms with Crippen LogP contribution in [0.4, 0.5) is 0 Å². The van der Waals surface area contributed by atoms with E-state index in [9.17, 15) is 5.21 Å². The third-order valence-corrected chi connectivity index (χ3v) is 2.28. The number of allylic oxidation sites excluding steroid dienone is 2. The van der Waals surface area contributed by atoms with Crippen LogP contribution in [0.15, 0.2) is 24.4 Å². The van der Waals surface area contributed by atoms with Crippen LogP contribution >= 0.6 is 0 Å². The van der Waals surface area contributed by atoms with Crippen LogP contribution in [0.25, 0.3) is 0 Å². The first kappa shape index (κ1) is 10.3. The lowest BCUT2D eigenvalue weighted by Gasteiger charge is -2.36. The summed E-state index contributed by atoms with van der Waals surface area (Å²) in [6.07, 6.45) is 6.93. The molecule has 0 aromatic rings. The van der Waals surface area contributed by atoms with Gasteiger partial charge in [0.2, 0.25) is 0 Å². The Morgan fingerprint density at radius 2 is 2.46 bits per heavy atom. The maximum Gasteiger partial charge on any atom is 0.0237 e. The highest BCUT2D eigenvalue weighted by atomic mass is 16.5. The molecular formula is C10H17N2O-. The Hall–Kier alpha value is -0.800. The van der Waals surface area contributed by atoms with E-state index in [0.717, 1.165) is 24.3 Å². The van der Waals surface area contributed by atoms with Crippen molar-refractivity contribution in [2.45, 2.75) is 19.3 Å². The Morgan fingerprint density at radius 3 is 3.08 bits per heavy atom. The molecule has 0 radical (unpaired) electrons. The minimum Gasteiger partial charge on any atom is -0.785 e. The van der Waals surface area contributed by atoms with Crippen molar-refractivity contribution < 1.29 is 0 Å². The molecule has 1 atom stereocenters. The molecule has 1 rings (SSSR count). The van der Waals surface area contributed by atoms with Gasteiger partial charge in [-0.3, -0.25) is 0 Å². The van der Waals surface area contributed by atoms with Gasteiger partial charge in [0.25, 0.3) is 0 Å². The first-order chi connectivity index (χ1) is 6.18. The lowest BCUT2D eigenvalue weighted by molar-refractivity contribution is 0.236. The van der Waals surface area contributed by atoms with Crippen LogP contribution in [-0.4, -0.2) is 18.2 Å². The molecule has 0 aromatic heterocycles. The average Bonchev–Trinajstić information content (AvgIpc) is 2.03. The van der Waals surface area contributed by atoms with Gasteiger partial charge < -0.3 is 16.0 Å². The lowest BCUT2D eigenvalue weighted by Crippen LogP contribution is -2.30. The Balaban J connectivity index is 2.24. The molecule has 0 aliphatic carbocycles. The second-order valence-electron chi connectivity index (χ2n) is 3.61. The summed E-state index contributed by atoms with van der Waals surface area (Å²) < 4.78 is 0. The molecular weight excluding hydrogens is 164 g/mol. The maximum atomic E-state index is 11.0. The Labute approximate surface area is 79.5 Å². The summed E-state index contributed by atoms with van der Waals surface area (Å²) >= 11 is 0. The van der Waals surface area contributed by atoms with Crippen molar-refractivity contribution in [1.29, 1.82) is 0 Å². The van der Waals surface area contributed by atoms with Gasteiger partial charge in [-0.25, -0.2) is 0 Å². The van der Waals surface area contributed by atoms with E-state index in [2.05, 4.69) is 6.58 Å². The second-order valence-corrected chi connectivity index (χ2v) is 3.61. The van der Waals surface area contributed by atoms with Gasteiger partial charge in [-0.1, -0.05) is 12.7 Å². The molecule has 74 valence electrons. The number of hydrogen-bond donors (Lipinski definition) is 1. The van der Waals surface area contributed by atoms with Crippen molar-refractivity contribution in [2.24, 2.45) is 11.7 Å². The molecule has 0 bridgehead atoms. The fraction of sp³-hybridized carbons (Fsp3) is 0.600.